The first-order valence-corrected chi connectivity index (χ1v) is 4.86. The topological polar surface area (TPSA) is 85.1 Å². The summed E-state index contributed by atoms with van der Waals surface area (Å²) in [5.74, 6) is 6.51. The van der Waals surface area contributed by atoms with Crippen molar-refractivity contribution in [2.45, 2.75) is 18.9 Å². The van der Waals surface area contributed by atoms with Crippen molar-refractivity contribution in [3.8, 4) is 0 Å². The third kappa shape index (κ3) is 2.34. The fourth-order valence-corrected chi connectivity index (χ4v) is 1.57. The number of hydrogen-bond donors (Lipinski definition) is 3. The molecule has 15 heavy (non-hydrogen) atoms. The summed E-state index contributed by atoms with van der Waals surface area (Å²) in [6, 6.07) is 0. The maximum absolute atomic E-state index is 5.34. The molecule has 2 heterocycles. The first kappa shape index (κ1) is 10.1. The molecule has 0 radical (unpaired) electrons. The Labute approximate surface area is 88.2 Å². The van der Waals surface area contributed by atoms with Crippen LogP contribution in [0.15, 0.2) is 12.4 Å². The third-order valence-electron chi connectivity index (χ3n) is 2.43. The van der Waals surface area contributed by atoms with Gasteiger partial charge in [-0.2, -0.15) is 0 Å². The molecule has 1 unspecified atom stereocenters. The van der Waals surface area contributed by atoms with Crippen LogP contribution in [0, 0.1) is 0 Å². The van der Waals surface area contributed by atoms with E-state index in [9.17, 15) is 0 Å². The molecule has 0 spiro atoms. The molecular weight excluding hydrogens is 194 g/mol. The highest BCUT2D eigenvalue weighted by Crippen LogP contribution is 2.22. The van der Waals surface area contributed by atoms with E-state index in [1.807, 2.05) is 0 Å². The Kier molecular flexibility index (Phi) is 2.70. The van der Waals surface area contributed by atoms with Crippen LogP contribution in [0.1, 0.15) is 13.3 Å². The molecule has 1 aliphatic heterocycles. The van der Waals surface area contributed by atoms with Gasteiger partial charge in [-0.25, -0.2) is 10.8 Å². The van der Waals surface area contributed by atoms with Gasteiger partial charge in [0.1, 0.15) is 5.82 Å². The van der Waals surface area contributed by atoms with Crippen LogP contribution >= 0.6 is 0 Å². The van der Waals surface area contributed by atoms with Crippen molar-refractivity contribution in [2.75, 3.05) is 24.0 Å². The molecule has 82 valence electrons. The standard InChI is InChI=1S/C9H15N5O/c1-9(2-3-15-6-9)13-7-4-11-5-8(12-7)14-10/h4-5H,2-3,6,10H2,1H3,(H2,12,13,14). The number of ether oxygens (including phenoxy) is 1. The molecular formula is C9H15N5O. The van der Waals surface area contributed by atoms with E-state index < -0.39 is 0 Å². The predicted octanol–water partition coefficient (Wildman–Crippen LogP) is 0.353. The van der Waals surface area contributed by atoms with E-state index >= 15 is 0 Å². The molecule has 1 saturated heterocycles. The molecule has 0 bridgehead atoms. The summed E-state index contributed by atoms with van der Waals surface area (Å²) in [6.45, 7) is 3.57. The predicted molar refractivity (Wildman–Crippen MR) is 57.3 cm³/mol. The second-order valence-electron chi connectivity index (χ2n) is 3.92. The van der Waals surface area contributed by atoms with Crippen molar-refractivity contribution >= 4 is 11.6 Å². The van der Waals surface area contributed by atoms with E-state index in [2.05, 4.69) is 27.6 Å². The lowest BCUT2D eigenvalue weighted by Gasteiger charge is -2.23. The largest absolute Gasteiger partial charge is 0.379 e. The number of aromatic nitrogens is 2. The zero-order valence-electron chi connectivity index (χ0n) is 8.66. The number of nitrogens with zero attached hydrogens (tertiary/aromatic N) is 2. The van der Waals surface area contributed by atoms with E-state index in [4.69, 9.17) is 10.6 Å². The van der Waals surface area contributed by atoms with Crippen LogP contribution in [0.2, 0.25) is 0 Å². The van der Waals surface area contributed by atoms with Gasteiger partial charge in [0, 0.05) is 6.61 Å². The van der Waals surface area contributed by atoms with Gasteiger partial charge in [0.25, 0.3) is 0 Å². The number of hydrogen-bond acceptors (Lipinski definition) is 6. The number of nitrogens with one attached hydrogen (secondary N) is 2. The minimum atomic E-state index is -0.0537. The van der Waals surface area contributed by atoms with Crippen LogP contribution in [-0.2, 0) is 4.74 Å². The Balaban J connectivity index is 2.09. The van der Waals surface area contributed by atoms with Gasteiger partial charge in [0.2, 0.25) is 0 Å². The van der Waals surface area contributed by atoms with E-state index in [1.54, 1.807) is 12.4 Å². The normalized spacial score (nSPS) is 25.2. The molecule has 1 aromatic heterocycles. The number of rotatable bonds is 3. The molecule has 4 N–H and O–H groups in total. The van der Waals surface area contributed by atoms with Gasteiger partial charge in [-0.05, 0) is 13.3 Å². The first-order chi connectivity index (χ1) is 7.22. The SMILES string of the molecule is CC1(Nc2cncc(NN)n2)CCOC1. The maximum Gasteiger partial charge on any atom is 0.160 e. The Morgan fingerprint density at radius 2 is 2.27 bits per heavy atom. The zero-order valence-corrected chi connectivity index (χ0v) is 8.66. The molecule has 1 fully saturated rings. The van der Waals surface area contributed by atoms with Gasteiger partial charge in [0.05, 0.1) is 24.5 Å². The number of nitrogens with two attached hydrogens (primary N) is 1. The van der Waals surface area contributed by atoms with Crippen molar-refractivity contribution in [3.63, 3.8) is 0 Å². The molecule has 0 aromatic carbocycles. The van der Waals surface area contributed by atoms with Crippen LogP contribution in [0.25, 0.3) is 0 Å². The average Bonchev–Trinajstić information content (AvgIpc) is 2.65. The van der Waals surface area contributed by atoms with Crippen molar-refractivity contribution < 1.29 is 4.74 Å². The fourth-order valence-electron chi connectivity index (χ4n) is 1.57. The van der Waals surface area contributed by atoms with Gasteiger partial charge in [-0.1, -0.05) is 0 Å². The smallest absolute Gasteiger partial charge is 0.160 e. The van der Waals surface area contributed by atoms with Gasteiger partial charge in [0.15, 0.2) is 5.82 Å². The molecule has 2 rings (SSSR count). The van der Waals surface area contributed by atoms with Crippen molar-refractivity contribution in [1.82, 2.24) is 9.97 Å². The lowest BCUT2D eigenvalue weighted by atomic mass is 10.0. The van der Waals surface area contributed by atoms with Gasteiger partial charge < -0.3 is 15.5 Å². The second-order valence-corrected chi connectivity index (χ2v) is 3.92. The monoisotopic (exact) mass is 209 g/mol. The van der Waals surface area contributed by atoms with E-state index in [0.717, 1.165) is 13.0 Å². The minimum absolute atomic E-state index is 0.0537. The van der Waals surface area contributed by atoms with E-state index in [-0.39, 0.29) is 5.54 Å². The van der Waals surface area contributed by atoms with E-state index in [1.165, 1.54) is 0 Å². The van der Waals surface area contributed by atoms with Gasteiger partial charge >= 0.3 is 0 Å². The summed E-state index contributed by atoms with van der Waals surface area (Å²) in [5.41, 5.74) is 2.41. The summed E-state index contributed by atoms with van der Waals surface area (Å²) in [6.07, 6.45) is 4.21. The molecule has 0 amide bonds. The van der Waals surface area contributed by atoms with Crippen LogP contribution in [0.3, 0.4) is 0 Å². The minimum Gasteiger partial charge on any atom is -0.379 e. The highest BCUT2D eigenvalue weighted by molar-refractivity contribution is 5.42. The summed E-state index contributed by atoms with van der Waals surface area (Å²) in [4.78, 5) is 8.25. The van der Waals surface area contributed by atoms with Crippen LogP contribution in [0.5, 0.6) is 0 Å². The molecule has 6 nitrogen and oxygen atoms in total. The van der Waals surface area contributed by atoms with Crippen molar-refractivity contribution in [3.05, 3.63) is 12.4 Å². The highest BCUT2D eigenvalue weighted by Gasteiger charge is 2.29. The Bertz CT molecular complexity index is 337. The summed E-state index contributed by atoms with van der Waals surface area (Å²) in [5, 5.41) is 3.30. The lowest BCUT2D eigenvalue weighted by molar-refractivity contribution is 0.185. The number of anilines is 2. The molecule has 1 aliphatic rings. The average molecular weight is 209 g/mol. The van der Waals surface area contributed by atoms with Crippen molar-refractivity contribution in [2.24, 2.45) is 5.84 Å². The third-order valence-corrected chi connectivity index (χ3v) is 2.43. The Hall–Kier alpha value is -1.40. The number of hydrazine groups is 1. The molecule has 6 heteroatoms. The van der Waals surface area contributed by atoms with Gasteiger partial charge in [-0.3, -0.25) is 4.98 Å². The summed E-state index contributed by atoms with van der Waals surface area (Å²) >= 11 is 0. The maximum atomic E-state index is 5.34. The first-order valence-electron chi connectivity index (χ1n) is 4.86. The molecule has 0 aliphatic carbocycles. The summed E-state index contributed by atoms with van der Waals surface area (Å²) < 4.78 is 5.34. The molecule has 1 atom stereocenters. The Morgan fingerprint density at radius 3 is 2.93 bits per heavy atom. The van der Waals surface area contributed by atoms with Crippen LogP contribution in [-0.4, -0.2) is 28.7 Å². The molecule has 0 saturated carbocycles. The van der Waals surface area contributed by atoms with Crippen LogP contribution < -0.4 is 16.6 Å². The van der Waals surface area contributed by atoms with Crippen LogP contribution in [0.4, 0.5) is 11.6 Å². The molecule has 1 aromatic rings. The lowest BCUT2D eigenvalue weighted by Crippen LogP contribution is -2.35. The van der Waals surface area contributed by atoms with Crippen molar-refractivity contribution in [1.29, 1.82) is 0 Å². The van der Waals surface area contributed by atoms with Gasteiger partial charge in [-0.15, -0.1) is 0 Å². The Morgan fingerprint density at radius 1 is 1.47 bits per heavy atom. The fraction of sp³-hybridized carbons (Fsp3) is 0.556. The zero-order chi connectivity index (χ0) is 10.7. The second kappa shape index (κ2) is 4.00. The highest BCUT2D eigenvalue weighted by atomic mass is 16.5. The summed E-state index contributed by atoms with van der Waals surface area (Å²) in [7, 11) is 0. The number of nitrogen functional groups attached to an aromatic ring is 1. The van der Waals surface area contributed by atoms with E-state index in [0.29, 0.717) is 18.2 Å². The quantitative estimate of drug-likeness (QED) is 0.492.